The largest absolute Gasteiger partial charge is 0.386 e. The van der Waals surface area contributed by atoms with Crippen LogP contribution in [0.5, 0.6) is 0 Å². The number of nitrogens with one attached hydrogen (secondary N) is 1. The fourth-order valence-corrected chi connectivity index (χ4v) is 6.97. The molecule has 3 heteroatoms. The Morgan fingerprint density at radius 2 is 1.76 bits per heavy atom. The van der Waals surface area contributed by atoms with Crippen molar-refractivity contribution in [1.82, 2.24) is 5.32 Å². The second-order valence-electron chi connectivity index (χ2n) is 11.3. The molecule has 3 N–H and O–H groups in total. The van der Waals surface area contributed by atoms with E-state index in [0.29, 0.717) is 41.7 Å². The van der Waals surface area contributed by atoms with Crippen molar-refractivity contribution < 1.29 is 4.39 Å². The molecular weight excluding hydrogens is 407 g/mol. The van der Waals surface area contributed by atoms with E-state index in [1.54, 1.807) is 0 Å². The third-order valence-electron chi connectivity index (χ3n) is 9.59. The maximum Gasteiger partial charge on any atom is 0.0871 e. The van der Waals surface area contributed by atoms with Gasteiger partial charge in [-0.25, -0.2) is 4.39 Å². The Morgan fingerprint density at radius 1 is 1.09 bits per heavy atom. The quantitative estimate of drug-likeness (QED) is 0.381. The highest BCUT2D eigenvalue weighted by Crippen LogP contribution is 2.60. The number of hydrogen-bond acceptors (Lipinski definition) is 2. The van der Waals surface area contributed by atoms with Crippen LogP contribution in [0, 0.1) is 11.3 Å². The second-order valence-corrected chi connectivity index (χ2v) is 11.3. The number of nitrogens with two attached hydrogens (primary N) is 1. The lowest BCUT2D eigenvalue weighted by atomic mass is 9.51. The van der Waals surface area contributed by atoms with Crippen LogP contribution in [-0.2, 0) is 11.8 Å². The minimum atomic E-state index is 0.305. The van der Waals surface area contributed by atoms with Gasteiger partial charge in [0, 0.05) is 23.7 Å². The van der Waals surface area contributed by atoms with Crippen LogP contribution in [0.4, 0.5) is 4.39 Å². The van der Waals surface area contributed by atoms with E-state index in [4.69, 9.17) is 5.73 Å². The van der Waals surface area contributed by atoms with Gasteiger partial charge in [0.2, 0.25) is 0 Å². The maximum absolute atomic E-state index is 12.8. The summed E-state index contributed by atoms with van der Waals surface area (Å²) in [5.41, 5.74) is 11.1. The zero-order chi connectivity index (χ0) is 23.3. The summed E-state index contributed by atoms with van der Waals surface area (Å²) >= 11 is 0. The molecule has 33 heavy (non-hydrogen) atoms. The summed E-state index contributed by atoms with van der Waals surface area (Å²) in [4.78, 5) is 0. The molecule has 0 aromatic heterocycles. The maximum atomic E-state index is 12.8. The van der Waals surface area contributed by atoms with Crippen LogP contribution in [0.2, 0.25) is 0 Å². The average Bonchev–Trinajstić information content (AvgIpc) is 3.11. The molecule has 4 saturated carbocycles. The molecule has 182 valence electrons. The van der Waals surface area contributed by atoms with Crippen molar-refractivity contribution in [3.63, 3.8) is 0 Å². The summed E-state index contributed by atoms with van der Waals surface area (Å²) in [6, 6.07) is 9.83. The molecule has 0 aliphatic heterocycles. The number of fused-ring (bicyclic) bond motifs is 3. The van der Waals surface area contributed by atoms with E-state index in [1.807, 2.05) is 0 Å². The number of aryl methyl sites for hydroxylation is 1. The predicted octanol–water partition coefficient (Wildman–Crippen LogP) is 7.49. The van der Waals surface area contributed by atoms with E-state index in [1.165, 1.54) is 93.9 Å². The standard InChI is InChI=1S/C30H45FN2/c1-3-24-6-4-5-7-28(20-24)33-23(2)29-14-17-30(18-15-29,19-16-29)27-12-10-25(11-13-27)8-9-26(21-31)22-32/h10-13,21,24,28,33H,2-9,14-20,22,32H2,1H3/b26-21-. The summed E-state index contributed by atoms with van der Waals surface area (Å²) < 4.78 is 12.8. The predicted molar refractivity (Wildman–Crippen MR) is 138 cm³/mol. The van der Waals surface area contributed by atoms with Gasteiger partial charge in [-0.1, -0.05) is 63.5 Å². The molecule has 2 unspecified atom stereocenters. The lowest BCUT2D eigenvalue weighted by Crippen LogP contribution is -2.48. The molecule has 4 aliphatic carbocycles. The molecule has 1 aromatic carbocycles. The molecule has 2 atom stereocenters. The van der Waals surface area contributed by atoms with Gasteiger partial charge < -0.3 is 11.1 Å². The van der Waals surface area contributed by atoms with E-state index >= 15 is 0 Å². The van der Waals surface area contributed by atoms with E-state index in [9.17, 15) is 4.39 Å². The van der Waals surface area contributed by atoms with Crippen molar-refractivity contribution in [3.05, 3.63) is 59.6 Å². The molecule has 1 aromatic rings. The molecule has 0 saturated heterocycles. The van der Waals surface area contributed by atoms with Gasteiger partial charge in [0.25, 0.3) is 0 Å². The molecule has 0 heterocycles. The minimum absolute atomic E-state index is 0.305. The number of allylic oxidation sites excluding steroid dienone is 1. The number of rotatable bonds is 9. The summed E-state index contributed by atoms with van der Waals surface area (Å²) in [6.45, 7) is 7.29. The molecule has 4 aliphatic rings. The summed E-state index contributed by atoms with van der Waals surface area (Å²) in [5, 5.41) is 3.97. The van der Waals surface area contributed by atoms with Crippen LogP contribution in [0.1, 0.15) is 102 Å². The zero-order valence-electron chi connectivity index (χ0n) is 20.8. The van der Waals surface area contributed by atoms with Crippen LogP contribution in [0.3, 0.4) is 0 Å². The topological polar surface area (TPSA) is 38.0 Å². The monoisotopic (exact) mass is 452 g/mol. The SMILES string of the molecule is C=C(NC1CCCCC(CC)C1)C12CCC(c3ccc(CC/C(=C/F)CN)cc3)(CC1)CC2. The van der Waals surface area contributed by atoms with Gasteiger partial charge in [-0.2, -0.15) is 0 Å². The van der Waals surface area contributed by atoms with Gasteiger partial charge in [0.1, 0.15) is 0 Å². The molecular formula is C30H45FN2. The van der Waals surface area contributed by atoms with Gasteiger partial charge in [-0.3, -0.25) is 0 Å². The van der Waals surface area contributed by atoms with Crippen LogP contribution in [0.25, 0.3) is 0 Å². The fraction of sp³-hybridized carbons (Fsp3) is 0.667. The molecule has 2 bridgehead atoms. The van der Waals surface area contributed by atoms with Crippen molar-refractivity contribution in [3.8, 4) is 0 Å². The lowest BCUT2D eigenvalue weighted by Gasteiger charge is -2.55. The van der Waals surface area contributed by atoms with Crippen LogP contribution in [0.15, 0.2) is 48.4 Å². The van der Waals surface area contributed by atoms with Crippen LogP contribution in [-0.4, -0.2) is 12.6 Å². The Kier molecular flexibility index (Phi) is 7.99. The Hall–Kier alpha value is -1.61. The van der Waals surface area contributed by atoms with Crippen molar-refractivity contribution in [2.75, 3.05) is 6.54 Å². The van der Waals surface area contributed by atoms with Crippen molar-refractivity contribution in [2.45, 2.75) is 108 Å². The van der Waals surface area contributed by atoms with E-state index in [-0.39, 0.29) is 0 Å². The number of benzene rings is 1. The molecule has 0 radical (unpaired) electrons. The van der Waals surface area contributed by atoms with E-state index in [0.717, 1.165) is 12.3 Å². The first-order valence-corrected chi connectivity index (χ1v) is 13.6. The second kappa shape index (κ2) is 10.8. The molecule has 4 fully saturated rings. The fourth-order valence-electron chi connectivity index (χ4n) is 6.97. The third-order valence-corrected chi connectivity index (χ3v) is 9.59. The minimum Gasteiger partial charge on any atom is -0.386 e. The van der Waals surface area contributed by atoms with Gasteiger partial charge in [-0.05, 0) is 92.2 Å². The highest BCUT2D eigenvalue weighted by molar-refractivity contribution is 5.33. The molecule has 0 amide bonds. The Morgan fingerprint density at radius 3 is 2.36 bits per heavy atom. The smallest absolute Gasteiger partial charge is 0.0871 e. The van der Waals surface area contributed by atoms with Crippen molar-refractivity contribution >= 4 is 0 Å². The third kappa shape index (κ3) is 5.39. The Balaban J connectivity index is 1.35. The highest BCUT2D eigenvalue weighted by atomic mass is 19.1. The van der Waals surface area contributed by atoms with Crippen LogP contribution < -0.4 is 11.1 Å². The van der Waals surface area contributed by atoms with Crippen molar-refractivity contribution in [2.24, 2.45) is 17.1 Å². The zero-order valence-corrected chi connectivity index (χ0v) is 20.8. The average molecular weight is 453 g/mol. The summed E-state index contributed by atoms with van der Waals surface area (Å²) in [6.07, 6.45) is 18.0. The molecule has 5 rings (SSSR count). The first kappa shape index (κ1) is 24.5. The van der Waals surface area contributed by atoms with E-state index < -0.39 is 0 Å². The normalized spacial score (nSPS) is 32.4. The van der Waals surface area contributed by atoms with Gasteiger partial charge in [0.05, 0.1) is 6.33 Å². The van der Waals surface area contributed by atoms with Gasteiger partial charge in [-0.15, -0.1) is 0 Å². The first-order chi connectivity index (χ1) is 16.0. The first-order valence-electron chi connectivity index (χ1n) is 13.6. The molecule has 0 spiro atoms. The number of hydrogen-bond donors (Lipinski definition) is 2. The highest BCUT2D eigenvalue weighted by Gasteiger charge is 2.50. The lowest BCUT2D eigenvalue weighted by molar-refractivity contribution is 0.0625. The summed E-state index contributed by atoms with van der Waals surface area (Å²) in [7, 11) is 0. The van der Waals surface area contributed by atoms with Gasteiger partial charge >= 0.3 is 0 Å². The van der Waals surface area contributed by atoms with Gasteiger partial charge in [0.15, 0.2) is 0 Å². The number of halogens is 1. The van der Waals surface area contributed by atoms with E-state index in [2.05, 4.69) is 43.1 Å². The Labute approximate surface area is 201 Å². The summed E-state index contributed by atoms with van der Waals surface area (Å²) in [5.74, 6) is 0.888. The Bertz CT molecular complexity index is 800. The molecule has 2 nitrogen and oxygen atoms in total. The van der Waals surface area contributed by atoms with Crippen LogP contribution >= 0.6 is 0 Å². The van der Waals surface area contributed by atoms with Crippen molar-refractivity contribution in [1.29, 1.82) is 0 Å².